The van der Waals surface area contributed by atoms with E-state index in [1.807, 2.05) is 91.1 Å². The van der Waals surface area contributed by atoms with Crippen LogP contribution in [0.5, 0.6) is 5.75 Å². The van der Waals surface area contributed by atoms with Crippen LogP contribution in [0, 0.1) is 6.07 Å². The van der Waals surface area contributed by atoms with E-state index in [0.29, 0.717) is 22.6 Å². The van der Waals surface area contributed by atoms with Gasteiger partial charge in [0, 0.05) is 38.4 Å². The first kappa shape index (κ1) is 33.0. The van der Waals surface area contributed by atoms with E-state index in [1.165, 1.54) is 16.7 Å². The number of benzene rings is 6. The van der Waals surface area contributed by atoms with Crippen LogP contribution in [0.1, 0.15) is 25.0 Å². The van der Waals surface area contributed by atoms with Crippen molar-refractivity contribution in [2.24, 2.45) is 0 Å². The third-order valence-corrected chi connectivity index (χ3v) is 9.31. The maximum atomic E-state index is 11.2. The maximum absolute atomic E-state index is 11.2. The fourth-order valence-electron chi connectivity index (χ4n) is 6.42. The van der Waals surface area contributed by atoms with E-state index in [0.717, 1.165) is 39.1 Å². The molecule has 0 fully saturated rings. The third-order valence-electron chi connectivity index (χ3n) is 9.31. The molecule has 50 heavy (non-hydrogen) atoms. The minimum Gasteiger partial charge on any atom is -0.507 e. The van der Waals surface area contributed by atoms with Crippen molar-refractivity contribution in [2.45, 2.75) is 19.3 Å². The van der Waals surface area contributed by atoms with E-state index < -0.39 is 0 Å². The number of pyridine rings is 1. The molecule has 246 valence electrons. The van der Waals surface area contributed by atoms with Crippen LogP contribution in [-0.2, 0) is 26.5 Å². The molecule has 2 aromatic heterocycles. The molecule has 0 atom stereocenters. The summed E-state index contributed by atoms with van der Waals surface area (Å²) in [5.41, 5.74) is 11.9. The Kier molecular flexibility index (Phi) is 9.06. The summed E-state index contributed by atoms with van der Waals surface area (Å²) in [6.45, 7) is 4.31. The van der Waals surface area contributed by atoms with E-state index >= 15 is 0 Å². The van der Waals surface area contributed by atoms with Gasteiger partial charge in [-0.25, -0.2) is 4.98 Å². The maximum Gasteiger partial charge on any atom is 0.230 e. The predicted molar refractivity (Wildman–Crippen MR) is 198 cm³/mol. The van der Waals surface area contributed by atoms with Crippen LogP contribution in [0.3, 0.4) is 0 Å². The summed E-state index contributed by atoms with van der Waals surface area (Å²) in [6.07, 6.45) is 1.85. The topological polar surface area (TPSA) is 59.2 Å². The SMILES string of the molecule is CC(C)(c1ccccc1)c1ccc(-c2nc3c(-c4[c-]c(-c5cc(-c6ccc(-c7ccccc7)cc6)ccn5)ccc4)cccc3o2)c(O)c1.[Pt]. The average Bonchev–Trinajstić information content (AvgIpc) is 3.60. The fourth-order valence-corrected chi connectivity index (χ4v) is 6.42. The first-order valence-corrected chi connectivity index (χ1v) is 16.4. The van der Waals surface area contributed by atoms with E-state index in [1.54, 1.807) is 0 Å². The molecule has 0 saturated carbocycles. The number of para-hydroxylation sites is 1. The number of fused-ring (bicyclic) bond motifs is 1. The molecule has 5 heteroatoms. The fraction of sp³-hybridized carbons (Fsp3) is 0.0667. The molecule has 8 rings (SSSR count). The molecular formula is C45H33N2O2Pt-. The number of hydrogen-bond acceptors (Lipinski definition) is 4. The molecule has 2 heterocycles. The van der Waals surface area contributed by atoms with Crippen molar-refractivity contribution in [2.75, 3.05) is 0 Å². The zero-order valence-electron chi connectivity index (χ0n) is 27.6. The second kappa shape index (κ2) is 13.7. The minimum absolute atomic E-state index is 0. The molecule has 0 bridgehead atoms. The number of nitrogens with zero attached hydrogens (tertiary/aromatic N) is 2. The Bertz CT molecular complexity index is 2420. The van der Waals surface area contributed by atoms with Crippen LogP contribution in [0.25, 0.3) is 67.2 Å². The summed E-state index contributed by atoms with van der Waals surface area (Å²) in [5.74, 6) is 0.497. The molecule has 0 radical (unpaired) electrons. The van der Waals surface area contributed by atoms with Crippen LogP contribution < -0.4 is 0 Å². The van der Waals surface area contributed by atoms with Gasteiger partial charge in [0.25, 0.3) is 0 Å². The predicted octanol–water partition coefficient (Wildman–Crippen LogP) is 11.4. The molecule has 0 amide bonds. The smallest absolute Gasteiger partial charge is 0.230 e. The Labute approximate surface area is 306 Å². The molecule has 0 spiro atoms. The van der Waals surface area contributed by atoms with Crippen LogP contribution in [0.4, 0.5) is 0 Å². The number of phenolic OH excluding ortho intramolecular Hbond substituents is 1. The van der Waals surface area contributed by atoms with Crippen molar-refractivity contribution in [3.63, 3.8) is 0 Å². The summed E-state index contributed by atoms with van der Waals surface area (Å²) in [7, 11) is 0. The molecule has 0 aliphatic heterocycles. The van der Waals surface area contributed by atoms with Crippen molar-refractivity contribution < 1.29 is 30.6 Å². The van der Waals surface area contributed by atoms with Crippen molar-refractivity contribution in [3.05, 3.63) is 175 Å². The summed E-state index contributed by atoms with van der Waals surface area (Å²) in [6, 6.07) is 54.7. The Hall–Kier alpha value is -5.57. The molecule has 4 nitrogen and oxygen atoms in total. The van der Waals surface area contributed by atoms with Gasteiger partial charge in [-0.1, -0.05) is 134 Å². The van der Waals surface area contributed by atoms with Crippen LogP contribution in [0.2, 0.25) is 0 Å². The normalized spacial score (nSPS) is 11.3. The van der Waals surface area contributed by atoms with Gasteiger partial charge in [-0.2, -0.15) is 0 Å². The molecular weight excluding hydrogens is 796 g/mol. The molecule has 0 aliphatic rings. The summed E-state index contributed by atoms with van der Waals surface area (Å²) in [5, 5.41) is 11.2. The first-order valence-electron chi connectivity index (χ1n) is 16.4. The quantitative estimate of drug-likeness (QED) is 0.163. The second-order valence-electron chi connectivity index (χ2n) is 12.7. The molecule has 6 aromatic carbocycles. The van der Waals surface area contributed by atoms with E-state index in [4.69, 9.17) is 14.4 Å². The van der Waals surface area contributed by atoms with Gasteiger partial charge in [-0.05, 0) is 57.6 Å². The monoisotopic (exact) mass is 828 g/mol. The Morgan fingerprint density at radius 1 is 0.580 bits per heavy atom. The molecule has 8 aromatic rings. The Morgan fingerprint density at radius 3 is 1.98 bits per heavy atom. The Morgan fingerprint density at radius 2 is 1.24 bits per heavy atom. The van der Waals surface area contributed by atoms with Gasteiger partial charge in [0.05, 0.1) is 11.1 Å². The third kappa shape index (κ3) is 6.31. The van der Waals surface area contributed by atoms with Gasteiger partial charge in [-0.3, -0.25) is 4.98 Å². The minimum atomic E-state index is -0.284. The summed E-state index contributed by atoms with van der Waals surface area (Å²) in [4.78, 5) is 9.59. The number of phenols is 1. The van der Waals surface area contributed by atoms with Gasteiger partial charge in [-0.15, -0.1) is 29.8 Å². The molecule has 0 unspecified atom stereocenters. The zero-order valence-corrected chi connectivity index (χ0v) is 29.8. The largest absolute Gasteiger partial charge is 0.507 e. The number of aromatic hydroxyl groups is 1. The second-order valence-corrected chi connectivity index (χ2v) is 12.7. The van der Waals surface area contributed by atoms with Crippen molar-refractivity contribution >= 4 is 11.1 Å². The van der Waals surface area contributed by atoms with Gasteiger partial charge < -0.3 is 9.52 Å². The summed E-state index contributed by atoms with van der Waals surface area (Å²) < 4.78 is 6.23. The van der Waals surface area contributed by atoms with Gasteiger partial charge >= 0.3 is 0 Å². The zero-order chi connectivity index (χ0) is 33.4. The standard InChI is InChI=1S/C45H33N2O2.Pt/c1-45(2,36-15-7-4-8-16-36)37-23-24-39(41(48)29-37)44-47-43-38(17-10-18-42(43)49-44)34-13-9-14-35(27-34)40-28-33(25-26-46-40)32-21-19-31(20-22-32)30-11-5-3-6-12-30;/h3-26,28-29,48H,1-2H3;/q-1;. The van der Waals surface area contributed by atoms with Crippen LogP contribution in [0.15, 0.2) is 162 Å². The average molecular weight is 829 g/mol. The van der Waals surface area contributed by atoms with Crippen LogP contribution in [-0.4, -0.2) is 15.1 Å². The first-order chi connectivity index (χ1) is 23.9. The number of rotatable bonds is 7. The van der Waals surface area contributed by atoms with Crippen LogP contribution >= 0.6 is 0 Å². The Balaban J connectivity index is 0.00000392. The van der Waals surface area contributed by atoms with Gasteiger partial charge in [0.2, 0.25) is 5.89 Å². The molecule has 0 aliphatic carbocycles. The van der Waals surface area contributed by atoms with E-state index in [-0.39, 0.29) is 32.2 Å². The molecule has 0 saturated heterocycles. The molecule has 1 N–H and O–H groups in total. The van der Waals surface area contributed by atoms with Crippen molar-refractivity contribution in [3.8, 4) is 61.8 Å². The number of oxazole rings is 1. The van der Waals surface area contributed by atoms with Gasteiger partial charge in [0.1, 0.15) is 11.3 Å². The van der Waals surface area contributed by atoms with E-state index in [2.05, 4.69) is 86.6 Å². The van der Waals surface area contributed by atoms with Crippen molar-refractivity contribution in [1.29, 1.82) is 0 Å². The van der Waals surface area contributed by atoms with Crippen molar-refractivity contribution in [1.82, 2.24) is 9.97 Å². The number of aromatic nitrogens is 2. The van der Waals surface area contributed by atoms with E-state index in [9.17, 15) is 5.11 Å². The summed E-state index contributed by atoms with van der Waals surface area (Å²) >= 11 is 0. The number of hydrogen-bond donors (Lipinski definition) is 1. The van der Waals surface area contributed by atoms with Gasteiger partial charge in [0.15, 0.2) is 0 Å².